The SMILES string of the molecule is CCn1c(C)nnc1-c1sc(N)cc1C. The fourth-order valence-corrected chi connectivity index (χ4v) is 2.59. The summed E-state index contributed by atoms with van der Waals surface area (Å²) in [5.41, 5.74) is 6.94. The molecule has 0 aliphatic rings. The summed E-state index contributed by atoms with van der Waals surface area (Å²) in [6.07, 6.45) is 0. The van der Waals surface area contributed by atoms with Crippen molar-refractivity contribution in [2.75, 3.05) is 5.73 Å². The molecule has 2 aromatic rings. The number of hydrogen-bond donors (Lipinski definition) is 1. The fourth-order valence-electron chi connectivity index (χ4n) is 1.66. The molecule has 0 bridgehead atoms. The first-order valence-corrected chi connectivity index (χ1v) is 5.71. The highest BCUT2D eigenvalue weighted by molar-refractivity contribution is 7.19. The number of nitrogen functional groups attached to an aromatic ring is 1. The molecule has 15 heavy (non-hydrogen) atoms. The Labute approximate surface area is 92.8 Å². The maximum atomic E-state index is 5.78. The van der Waals surface area contributed by atoms with Crippen molar-refractivity contribution < 1.29 is 0 Å². The van der Waals surface area contributed by atoms with Gasteiger partial charge in [0.2, 0.25) is 0 Å². The van der Waals surface area contributed by atoms with Crippen molar-refractivity contribution in [1.82, 2.24) is 14.8 Å². The molecule has 0 radical (unpaired) electrons. The highest BCUT2D eigenvalue weighted by Crippen LogP contribution is 2.32. The van der Waals surface area contributed by atoms with Crippen molar-refractivity contribution in [2.45, 2.75) is 27.3 Å². The molecular formula is C10H14N4S. The molecule has 0 aromatic carbocycles. The first-order valence-electron chi connectivity index (χ1n) is 4.89. The Balaban J connectivity index is 2.58. The maximum absolute atomic E-state index is 5.78. The zero-order valence-corrected chi connectivity index (χ0v) is 9.93. The Bertz CT molecular complexity index is 484. The topological polar surface area (TPSA) is 56.7 Å². The third-order valence-corrected chi connectivity index (χ3v) is 3.45. The molecule has 0 saturated carbocycles. The number of aromatic nitrogens is 3. The Morgan fingerprint density at radius 3 is 2.67 bits per heavy atom. The van der Waals surface area contributed by atoms with Gasteiger partial charge < -0.3 is 10.3 Å². The van der Waals surface area contributed by atoms with E-state index in [2.05, 4.69) is 21.7 Å². The quantitative estimate of drug-likeness (QED) is 0.847. The molecule has 2 heterocycles. The van der Waals surface area contributed by atoms with Crippen molar-refractivity contribution in [1.29, 1.82) is 0 Å². The maximum Gasteiger partial charge on any atom is 0.174 e. The van der Waals surface area contributed by atoms with Gasteiger partial charge in [-0.05, 0) is 32.4 Å². The van der Waals surface area contributed by atoms with E-state index in [0.717, 1.165) is 28.1 Å². The summed E-state index contributed by atoms with van der Waals surface area (Å²) in [7, 11) is 0. The minimum absolute atomic E-state index is 0.825. The minimum atomic E-state index is 0.825. The number of nitrogens with zero attached hydrogens (tertiary/aromatic N) is 3. The summed E-state index contributed by atoms with van der Waals surface area (Å²) in [5.74, 6) is 1.87. The predicted octanol–water partition coefficient (Wildman–Crippen LogP) is 2.23. The summed E-state index contributed by atoms with van der Waals surface area (Å²) in [6.45, 7) is 6.98. The van der Waals surface area contributed by atoms with Gasteiger partial charge in [-0.3, -0.25) is 0 Å². The van der Waals surface area contributed by atoms with E-state index in [4.69, 9.17) is 5.73 Å². The highest BCUT2D eigenvalue weighted by Gasteiger charge is 2.14. The van der Waals surface area contributed by atoms with Crippen LogP contribution in [0, 0.1) is 13.8 Å². The van der Waals surface area contributed by atoms with Gasteiger partial charge >= 0.3 is 0 Å². The van der Waals surface area contributed by atoms with E-state index in [1.807, 2.05) is 19.9 Å². The summed E-state index contributed by atoms with van der Waals surface area (Å²) in [4.78, 5) is 1.12. The van der Waals surface area contributed by atoms with Crippen LogP contribution in [0.2, 0.25) is 0 Å². The van der Waals surface area contributed by atoms with Gasteiger partial charge in [-0.1, -0.05) is 0 Å². The standard InChI is InChI=1S/C10H14N4S/c1-4-14-7(3)12-13-10(14)9-6(2)5-8(11)15-9/h5H,4,11H2,1-3H3. The van der Waals surface area contributed by atoms with E-state index in [1.54, 1.807) is 11.3 Å². The van der Waals surface area contributed by atoms with E-state index >= 15 is 0 Å². The van der Waals surface area contributed by atoms with Gasteiger partial charge in [0.1, 0.15) is 5.82 Å². The summed E-state index contributed by atoms with van der Waals surface area (Å²) in [6, 6.07) is 1.98. The molecule has 0 amide bonds. The molecule has 80 valence electrons. The number of rotatable bonds is 2. The van der Waals surface area contributed by atoms with Crippen molar-refractivity contribution in [3.05, 3.63) is 17.5 Å². The van der Waals surface area contributed by atoms with Gasteiger partial charge in [0.05, 0.1) is 9.88 Å². The zero-order valence-electron chi connectivity index (χ0n) is 9.11. The van der Waals surface area contributed by atoms with Crippen LogP contribution in [-0.2, 0) is 6.54 Å². The molecule has 0 unspecified atom stereocenters. The smallest absolute Gasteiger partial charge is 0.174 e. The summed E-state index contributed by atoms with van der Waals surface area (Å²) >= 11 is 1.56. The van der Waals surface area contributed by atoms with E-state index in [9.17, 15) is 0 Å². The fraction of sp³-hybridized carbons (Fsp3) is 0.400. The average molecular weight is 222 g/mol. The molecule has 2 N–H and O–H groups in total. The van der Waals surface area contributed by atoms with Gasteiger partial charge in [-0.15, -0.1) is 21.5 Å². The molecule has 4 nitrogen and oxygen atoms in total. The van der Waals surface area contributed by atoms with E-state index in [-0.39, 0.29) is 0 Å². The van der Waals surface area contributed by atoms with Crippen LogP contribution in [0.5, 0.6) is 0 Å². The Morgan fingerprint density at radius 2 is 2.13 bits per heavy atom. The first kappa shape index (κ1) is 10.2. The van der Waals surface area contributed by atoms with Crippen LogP contribution in [0.4, 0.5) is 5.00 Å². The Kier molecular flexibility index (Phi) is 2.48. The summed E-state index contributed by atoms with van der Waals surface area (Å²) in [5, 5.41) is 9.12. The predicted molar refractivity (Wildman–Crippen MR) is 62.9 cm³/mol. The summed E-state index contributed by atoms with van der Waals surface area (Å²) < 4.78 is 2.10. The van der Waals surface area contributed by atoms with Crippen molar-refractivity contribution in [3.8, 4) is 10.7 Å². The molecule has 2 rings (SSSR count). The molecule has 2 aromatic heterocycles. The van der Waals surface area contributed by atoms with Crippen LogP contribution >= 0.6 is 11.3 Å². The van der Waals surface area contributed by atoms with Gasteiger partial charge in [-0.2, -0.15) is 0 Å². The zero-order chi connectivity index (χ0) is 11.0. The number of aryl methyl sites for hydroxylation is 2. The van der Waals surface area contributed by atoms with Crippen LogP contribution < -0.4 is 5.73 Å². The Hall–Kier alpha value is -1.36. The number of hydrogen-bond acceptors (Lipinski definition) is 4. The molecule has 0 atom stereocenters. The number of anilines is 1. The monoisotopic (exact) mass is 222 g/mol. The molecule has 0 aliphatic carbocycles. The molecule has 0 spiro atoms. The van der Waals surface area contributed by atoms with E-state index in [0.29, 0.717) is 0 Å². The van der Waals surface area contributed by atoms with Crippen LogP contribution in [0.1, 0.15) is 18.3 Å². The van der Waals surface area contributed by atoms with Crippen molar-refractivity contribution >= 4 is 16.3 Å². The lowest BCUT2D eigenvalue weighted by Crippen LogP contribution is -1.99. The van der Waals surface area contributed by atoms with Crippen LogP contribution in [0.15, 0.2) is 6.07 Å². The molecule has 0 fully saturated rings. The second-order valence-electron chi connectivity index (χ2n) is 3.48. The third-order valence-electron chi connectivity index (χ3n) is 2.39. The largest absolute Gasteiger partial charge is 0.391 e. The minimum Gasteiger partial charge on any atom is -0.391 e. The molecule has 0 aliphatic heterocycles. The molecular weight excluding hydrogens is 208 g/mol. The van der Waals surface area contributed by atoms with Gasteiger partial charge in [0.25, 0.3) is 0 Å². The van der Waals surface area contributed by atoms with Crippen LogP contribution in [0.25, 0.3) is 10.7 Å². The normalized spacial score (nSPS) is 10.9. The van der Waals surface area contributed by atoms with Crippen LogP contribution in [-0.4, -0.2) is 14.8 Å². The Morgan fingerprint density at radius 1 is 1.40 bits per heavy atom. The van der Waals surface area contributed by atoms with E-state index < -0.39 is 0 Å². The lowest BCUT2D eigenvalue weighted by Gasteiger charge is -2.03. The first-order chi connectivity index (χ1) is 7.13. The van der Waals surface area contributed by atoms with Crippen molar-refractivity contribution in [3.63, 3.8) is 0 Å². The lowest BCUT2D eigenvalue weighted by molar-refractivity contribution is 0.737. The lowest BCUT2D eigenvalue weighted by atomic mass is 10.3. The third kappa shape index (κ3) is 1.63. The van der Waals surface area contributed by atoms with E-state index in [1.165, 1.54) is 5.56 Å². The van der Waals surface area contributed by atoms with Crippen molar-refractivity contribution in [2.24, 2.45) is 0 Å². The van der Waals surface area contributed by atoms with Gasteiger partial charge in [-0.25, -0.2) is 0 Å². The number of thiophene rings is 1. The van der Waals surface area contributed by atoms with Gasteiger partial charge in [0, 0.05) is 6.54 Å². The number of nitrogens with two attached hydrogens (primary N) is 1. The average Bonchev–Trinajstić information content (AvgIpc) is 2.69. The molecule has 5 heteroatoms. The molecule has 0 saturated heterocycles. The second-order valence-corrected chi connectivity index (χ2v) is 4.56. The van der Waals surface area contributed by atoms with Crippen LogP contribution in [0.3, 0.4) is 0 Å². The second kappa shape index (κ2) is 3.66. The highest BCUT2D eigenvalue weighted by atomic mass is 32.1. The van der Waals surface area contributed by atoms with Gasteiger partial charge in [0.15, 0.2) is 5.82 Å².